The Balaban J connectivity index is 2.69. The molecule has 0 spiro atoms. The van der Waals surface area contributed by atoms with Crippen LogP contribution in [-0.4, -0.2) is 29.9 Å². The summed E-state index contributed by atoms with van der Waals surface area (Å²) in [4.78, 5) is 33.7. The first kappa shape index (κ1) is 16.0. The van der Waals surface area contributed by atoms with E-state index in [9.17, 15) is 14.4 Å². The van der Waals surface area contributed by atoms with Gasteiger partial charge >= 0.3 is 0 Å². The van der Waals surface area contributed by atoms with E-state index in [0.717, 1.165) is 16.3 Å². The van der Waals surface area contributed by atoms with Crippen LogP contribution in [0.15, 0.2) is 12.1 Å². The van der Waals surface area contributed by atoms with E-state index in [2.05, 4.69) is 5.32 Å². The Morgan fingerprint density at radius 1 is 1.55 bits per heavy atom. The molecule has 0 radical (unpaired) electrons. The number of hydrogen-bond acceptors (Lipinski definition) is 6. The third-order valence-electron chi connectivity index (χ3n) is 2.42. The summed E-state index contributed by atoms with van der Waals surface area (Å²) < 4.78 is 0. The fourth-order valence-corrected chi connectivity index (χ4v) is 2.45. The SMILES string of the molecule is CC(=O)NC(C)CC(=N)C(=O)c1ccc(N(N)C=O)s1. The summed E-state index contributed by atoms with van der Waals surface area (Å²) in [5.74, 6) is 4.74. The van der Waals surface area contributed by atoms with Gasteiger partial charge in [0.15, 0.2) is 0 Å². The molecule has 0 aliphatic rings. The third kappa shape index (κ3) is 4.25. The molecule has 108 valence electrons. The van der Waals surface area contributed by atoms with E-state index in [1.807, 2.05) is 0 Å². The lowest BCUT2D eigenvalue weighted by molar-refractivity contribution is -0.119. The number of nitrogens with two attached hydrogens (primary N) is 1. The minimum absolute atomic E-state index is 0.102. The number of hydrogen-bond donors (Lipinski definition) is 3. The molecule has 1 aromatic heterocycles. The standard InChI is InChI=1S/C12H16N4O3S/c1-7(15-8(2)18)5-9(13)12(19)10-3-4-11(20-10)16(14)6-17/h3-4,6-7,13H,5,14H2,1-2H3,(H,15,18). The molecule has 2 amide bonds. The fraction of sp³-hybridized carbons (Fsp3) is 0.333. The highest BCUT2D eigenvalue weighted by Crippen LogP contribution is 2.24. The fourth-order valence-electron chi connectivity index (χ4n) is 1.59. The van der Waals surface area contributed by atoms with Crippen molar-refractivity contribution in [3.8, 4) is 0 Å². The highest BCUT2D eigenvalue weighted by molar-refractivity contribution is 7.18. The lowest BCUT2D eigenvalue weighted by Crippen LogP contribution is -2.33. The summed E-state index contributed by atoms with van der Waals surface area (Å²) in [5.41, 5.74) is -0.102. The average Bonchev–Trinajstić information content (AvgIpc) is 2.85. The van der Waals surface area contributed by atoms with Gasteiger partial charge in [-0.15, -0.1) is 11.3 Å². The molecule has 0 fully saturated rings. The topological polar surface area (TPSA) is 116 Å². The molecule has 7 nitrogen and oxygen atoms in total. The number of rotatable bonds is 7. The zero-order valence-electron chi connectivity index (χ0n) is 11.2. The Labute approximate surface area is 120 Å². The van der Waals surface area contributed by atoms with Gasteiger partial charge in [-0.25, -0.2) is 10.9 Å². The van der Waals surface area contributed by atoms with Crippen molar-refractivity contribution in [1.82, 2.24) is 5.32 Å². The first-order valence-corrected chi connectivity index (χ1v) is 6.65. The molecule has 1 aromatic rings. The molecule has 0 aromatic carbocycles. The predicted octanol–water partition coefficient (Wildman–Crippen LogP) is 0.702. The minimum Gasteiger partial charge on any atom is -0.353 e. The van der Waals surface area contributed by atoms with Crippen LogP contribution in [0.5, 0.6) is 0 Å². The van der Waals surface area contributed by atoms with Gasteiger partial charge in [0, 0.05) is 19.4 Å². The van der Waals surface area contributed by atoms with Crippen LogP contribution in [0, 0.1) is 5.41 Å². The van der Waals surface area contributed by atoms with E-state index in [4.69, 9.17) is 11.3 Å². The van der Waals surface area contributed by atoms with Gasteiger partial charge in [0.2, 0.25) is 18.1 Å². The molecule has 4 N–H and O–H groups in total. The largest absolute Gasteiger partial charge is 0.353 e. The summed E-state index contributed by atoms with van der Waals surface area (Å²) >= 11 is 1.03. The lowest BCUT2D eigenvalue weighted by atomic mass is 10.1. The summed E-state index contributed by atoms with van der Waals surface area (Å²) in [6, 6.07) is 2.77. The van der Waals surface area contributed by atoms with Crippen molar-refractivity contribution >= 4 is 40.2 Å². The molecular weight excluding hydrogens is 280 g/mol. The maximum absolute atomic E-state index is 12.0. The molecule has 0 saturated carbocycles. The van der Waals surface area contributed by atoms with Gasteiger partial charge < -0.3 is 10.7 Å². The van der Waals surface area contributed by atoms with Crippen LogP contribution in [0.3, 0.4) is 0 Å². The average molecular weight is 296 g/mol. The van der Waals surface area contributed by atoms with E-state index in [-0.39, 0.29) is 24.1 Å². The van der Waals surface area contributed by atoms with Crippen molar-refractivity contribution in [3.05, 3.63) is 17.0 Å². The Morgan fingerprint density at radius 3 is 2.75 bits per heavy atom. The van der Waals surface area contributed by atoms with Gasteiger partial charge in [-0.3, -0.25) is 14.4 Å². The number of thiophene rings is 1. The molecule has 0 bridgehead atoms. The Hall–Kier alpha value is -2.06. The van der Waals surface area contributed by atoms with Gasteiger partial charge in [0.25, 0.3) is 0 Å². The van der Waals surface area contributed by atoms with E-state index < -0.39 is 5.78 Å². The second-order valence-corrected chi connectivity index (χ2v) is 5.33. The summed E-state index contributed by atoms with van der Waals surface area (Å²) in [7, 11) is 0. The number of nitrogens with one attached hydrogen (secondary N) is 2. The molecule has 8 heteroatoms. The van der Waals surface area contributed by atoms with Crippen LogP contribution in [0.25, 0.3) is 0 Å². The maximum Gasteiger partial charge on any atom is 0.229 e. The summed E-state index contributed by atoms with van der Waals surface area (Å²) in [6.07, 6.45) is 0.579. The Kier molecular flexibility index (Phi) is 5.53. The van der Waals surface area contributed by atoms with Gasteiger partial charge in [0.05, 0.1) is 10.6 Å². The van der Waals surface area contributed by atoms with E-state index in [0.29, 0.717) is 16.3 Å². The number of nitrogens with zero attached hydrogens (tertiary/aromatic N) is 1. The van der Waals surface area contributed by atoms with Crippen molar-refractivity contribution in [1.29, 1.82) is 5.41 Å². The zero-order chi connectivity index (χ0) is 15.3. The molecule has 20 heavy (non-hydrogen) atoms. The van der Waals surface area contributed by atoms with Gasteiger partial charge in [-0.05, 0) is 19.1 Å². The highest BCUT2D eigenvalue weighted by Gasteiger charge is 2.18. The number of hydrazine groups is 1. The highest BCUT2D eigenvalue weighted by atomic mass is 32.1. The van der Waals surface area contributed by atoms with Crippen LogP contribution >= 0.6 is 11.3 Å². The van der Waals surface area contributed by atoms with Crippen molar-refractivity contribution in [3.63, 3.8) is 0 Å². The molecule has 1 unspecified atom stereocenters. The van der Waals surface area contributed by atoms with Crippen LogP contribution in [0.2, 0.25) is 0 Å². The lowest BCUT2D eigenvalue weighted by Gasteiger charge is -2.11. The van der Waals surface area contributed by atoms with Crippen molar-refractivity contribution in [2.75, 3.05) is 5.01 Å². The van der Waals surface area contributed by atoms with Crippen molar-refractivity contribution in [2.45, 2.75) is 26.3 Å². The second kappa shape index (κ2) is 6.92. The van der Waals surface area contributed by atoms with Crippen LogP contribution < -0.4 is 16.2 Å². The van der Waals surface area contributed by atoms with Crippen LogP contribution in [-0.2, 0) is 9.59 Å². The quantitative estimate of drug-likeness (QED) is 0.171. The first-order chi connectivity index (χ1) is 9.35. The minimum atomic E-state index is -0.433. The third-order valence-corrected chi connectivity index (χ3v) is 3.52. The second-order valence-electron chi connectivity index (χ2n) is 4.26. The molecule has 1 heterocycles. The Bertz CT molecular complexity index is 541. The van der Waals surface area contributed by atoms with Gasteiger partial charge in [0.1, 0.15) is 5.00 Å². The molecule has 0 aliphatic heterocycles. The number of carbonyl (C=O) groups excluding carboxylic acids is 3. The zero-order valence-corrected chi connectivity index (χ0v) is 12.0. The normalized spacial score (nSPS) is 11.6. The van der Waals surface area contributed by atoms with E-state index in [1.165, 1.54) is 19.1 Å². The molecule has 1 atom stereocenters. The van der Waals surface area contributed by atoms with Crippen LogP contribution in [0.1, 0.15) is 29.9 Å². The number of carbonyl (C=O) groups is 3. The smallest absolute Gasteiger partial charge is 0.229 e. The predicted molar refractivity (Wildman–Crippen MR) is 77.0 cm³/mol. The number of anilines is 1. The summed E-state index contributed by atoms with van der Waals surface area (Å²) in [6.45, 7) is 3.10. The molecule has 0 saturated heterocycles. The Morgan fingerprint density at radius 2 is 2.20 bits per heavy atom. The number of Topliss-reactive ketones (excluding diaryl/α,β-unsaturated/α-hetero) is 1. The first-order valence-electron chi connectivity index (χ1n) is 5.83. The van der Waals surface area contributed by atoms with Gasteiger partial charge in [-0.2, -0.15) is 0 Å². The van der Waals surface area contributed by atoms with Crippen LogP contribution in [0.4, 0.5) is 5.00 Å². The van der Waals surface area contributed by atoms with E-state index in [1.54, 1.807) is 6.92 Å². The van der Waals surface area contributed by atoms with Crippen molar-refractivity contribution in [2.24, 2.45) is 5.84 Å². The van der Waals surface area contributed by atoms with Crippen molar-refractivity contribution < 1.29 is 14.4 Å². The summed E-state index contributed by atoms with van der Waals surface area (Å²) in [5, 5.41) is 11.7. The molecule has 0 aliphatic carbocycles. The van der Waals surface area contributed by atoms with Gasteiger partial charge in [-0.1, -0.05) is 0 Å². The number of amides is 2. The molecule has 1 rings (SSSR count). The van der Waals surface area contributed by atoms with E-state index >= 15 is 0 Å². The monoisotopic (exact) mass is 296 g/mol. The maximum atomic E-state index is 12.0. The number of ketones is 1. The molecular formula is C12H16N4O3S.